The van der Waals surface area contributed by atoms with Crippen molar-refractivity contribution in [3.05, 3.63) is 205 Å². The molecule has 0 amide bonds. The van der Waals surface area contributed by atoms with Gasteiger partial charge >= 0.3 is 0 Å². The zero-order valence-corrected chi connectivity index (χ0v) is 28.9. The average Bonchev–Trinajstić information content (AvgIpc) is 3.14. The number of aryl methyl sites for hydroxylation is 1. The van der Waals surface area contributed by atoms with Crippen LogP contribution in [0.2, 0.25) is 0 Å². The summed E-state index contributed by atoms with van der Waals surface area (Å²) in [6, 6.07) is 15.6. The summed E-state index contributed by atoms with van der Waals surface area (Å²) in [6.07, 6.45) is 47.3. The van der Waals surface area contributed by atoms with E-state index in [9.17, 15) is 0 Å². The normalized spacial score (nSPS) is 25.2. The predicted molar refractivity (Wildman–Crippen MR) is 212 cm³/mol. The summed E-state index contributed by atoms with van der Waals surface area (Å²) in [4.78, 5) is 4.83. The predicted octanol–water partition coefficient (Wildman–Crippen LogP) is 11.8. The van der Waals surface area contributed by atoms with E-state index in [4.69, 9.17) is 0 Å². The van der Waals surface area contributed by atoms with E-state index in [-0.39, 0.29) is 12.0 Å². The molecule has 1 aromatic rings. The number of allylic oxidation sites excluding steroid dienone is 18. The summed E-state index contributed by atoms with van der Waals surface area (Å²) < 4.78 is 0. The van der Waals surface area contributed by atoms with Crippen molar-refractivity contribution in [2.24, 2.45) is 23.7 Å². The van der Waals surface area contributed by atoms with Gasteiger partial charge in [0, 0.05) is 46.7 Å². The monoisotopic (exact) mass is 642 g/mol. The molecule has 0 spiro atoms. The SMILES string of the molecule is C=CCC(C=C)N(C1=CC(C=C)C2C(=C1)C=CC1C=CC=CC12)C1=CC=C(N(/C=C/C)c2ccccc3ccc(c2)/C=C\C=C\CC3)CC1. The average molecular weight is 643 g/mol. The number of fused-ring (bicyclic) bond motifs is 6. The Labute approximate surface area is 295 Å². The first-order valence-corrected chi connectivity index (χ1v) is 17.9. The van der Waals surface area contributed by atoms with E-state index in [1.54, 1.807) is 0 Å². The van der Waals surface area contributed by atoms with Crippen LogP contribution in [0, 0.1) is 23.7 Å². The van der Waals surface area contributed by atoms with E-state index in [0.717, 1.165) is 37.8 Å². The highest BCUT2D eigenvalue weighted by molar-refractivity contribution is 5.62. The Morgan fingerprint density at radius 1 is 0.878 bits per heavy atom. The molecule has 0 fully saturated rings. The quantitative estimate of drug-likeness (QED) is 0.234. The van der Waals surface area contributed by atoms with Crippen LogP contribution in [0.25, 0.3) is 6.08 Å². The molecule has 2 heteroatoms. The largest absolute Gasteiger partial charge is 0.338 e. The molecule has 2 bridgehead atoms. The van der Waals surface area contributed by atoms with Crippen molar-refractivity contribution in [3.8, 4) is 0 Å². The Balaban J connectivity index is 1.38. The van der Waals surface area contributed by atoms with Gasteiger partial charge in [-0.15, -0.1) is 19.7 Å². The van der Waals surface area contributed by atoms with Gasteiger partial charge in [-0.1, -0.05) is 121 Å². The maximum absolute atomic E-state index is 4.31. The van der Waals surface area contributed by atoms with Crippen molar-refractivity contribution in [2.75, 3.05) is 4.90 Å². The van der Waals surface area contributed by atoms with Crippen molar-refractivity contribution >= 4 is 11.8 Å². The van der Waals surface area contributed by atoms with Gasteiger partial charge in [-0.2, -0.15) is 0 Å². The van der Waals surface area contributed by atoms with Crippen molar-refractivity contribution in [3.63, 3.8) is 0 Å². The van der Waals surface area contributed by atoms with Gasteiger partial charge in [-0.25, -0.2) is 0 Å². The topological polar surface area (TPSA) is 6.48 Å². The van der Waals surface area contributed by atoms with Crippen LogP contribution in [0.5, 0.6) is 0 Å². The fourth-order valence-corrected chi connectivity index (χ4v) is 7.69. The number of rotatable bonds is 10. The van der Waals surface area contributed by atoms with Gasteiger partial charge in [-0.05, 0) is 92.0 Å². The standard InChI is InChI=1S/C47H50N2/c1-5-17-41(8-4)49(45-34-38(7-3)47-40(35-45)27-26-39-21-14-16-23-46(39)47)43-30-28-42(29-31-43)48(32-6-2)44-22-15-13-19-36-18-11-9-10-12-20-37(33-44)25-24-36/h5-10,12-16,19-28,30,32-35,38-39,41,46-47H,1,3-4,11,17-18,29,31H2,2H3/b10-9+,15-13?,19-13?,20-12-,22-15?,25-24?,32-6+,36-19?,36-24?,37-25?,37-33?,44-22?,44-33?. The van der Waals surface area contributed by atoms with E-state index >= 15 is 0 Å². The van der Waals surface area contributed by atoms with E-state index < -0.39 is 0 Å². The molecule has 0 saturated heterocycles. The third-order valence-corrected chi connectivity index (χ3v) is 10.1. The third-order valence-electron chi connectivity index (χ3n) is 10.1. The molecular weight excluding hydrogens is 593 g/mol. The van der Waals surface area contributed by atoms with E-state index in [2.05, 4.69) is 188 Å². The molecule has 2 nitrogen and oxygen atoms in total. The Morgan fingerprint density at radius 3 is 2.51 bits per heavy atom. The molecular formula is C47H50N2. The Bertz CT molecular complexity index is 1800. The van der Waals surface area contributed by atoms with Crippen molar-refractivity contribution in [1.82, 2.24) is 4.90 Å². The second-order valence-corrected chi connectivity index (χ2v) is 13.2. The molecule has 248 valence electrons. The van der Waals surface area contributed by atoms with Crippen molar-refractivity contribution in [2.45, 2.75) is 45.1 Å². The molecule has 5 unspecified atom stereocenters. The zero-order chi connectivity index (χ0) is 34.0. The summed E-state index contributed by atoms with van der Waals surface area (Å²) in [5.74, 6) is 1.53. The molecule has 0 N–H and O–H groups in total. The molecule has 6 rings (SSSR count). The molecule has 0 aliphatic heterocycles. The van der Waals surface area contributed by atoms with Crippen LogP contribution in [-0.2, 0) is 6.42 Å². The van der Waals surface area contributed by atoms with E-state index in [1.807, 2.05) is 6.08 Å². The van der Waals surface area contributed by atoms with Crippen LogP contribution >= 0.6 is 0 Å². The highest BCUT2D eigenvalue weighted by atomic mass is 15.2. The van der Waals surface area contributed by atoms with Crippen LogP contribution in [0.4, 0.5) is 5.69 Å². The second-order valence-electron chi connectivity index (χ2n) is 13.2. The lowest BCUT2D eigenvalue weighted by Gasteiger charge is -2.43. The lowest BCUT2D eigenvalue weighted by molar-refractivity contribution is 0.319. The third kappa shape index (κ3) is 7.81. The molecule has 0 saturated carbocycles. The molecule has 49 heavy (non-hydrogen) atoms. The van der Waals surface area contributed by atoms with Gasteiger partial charge in [-0.3, -0.25) is 0 Å². The maximum atomic E-state index is 4.31. The second kappa shape index (κ2) is 16.3. The molecule has 0 aromatic heterocycles. The molecule has 5 aliphatic carbocycles. The van der Waals surface area contributed by atoms with Crippen LogP contribution in [0.1, 0.15) is 43.7 Å². The van der Waals surface area contributed by atoms with Gasteiger partial charge in [0.2, 0.25) is 0 Å². The summed E-state index contributed by atoms with van der Waals surface area (Å²) >= 11 is 0. The first-order valence-electron chi connectivity index (χ1n) is 17.9. The number of hydrogen-bond donors (Lipinski definition) is 0. The van der Waals surface area contributed by atoms with Crippen LogP contribution in [0.3, 0.4) is 0 Å². The van der Waals surface area contributed by atoms with E-state index in [0.29, 0.717) is 17.8 Å². The molecule has 5 aliphatic rings. The van der Waals surface area contributed by atoms with E-state index in [1.165, 1.54) is 33.8 Å². The van der Waals surface area contributed by atoms with Crippen LogP contribution in [-0.4, -0.2) is 10.9 Å². The smallest absolute Gasteiger partial charge is 0.0550 e. The molecule has 0 radical (unpaired) electrons. The fourth-order valence-electron chi connectivity index (χ4n) is 7.69. The Morgan fingerprint density at radius 2 is 1.71 bits per heavy atom. The zero-order valence-electron chi connectivity index (χ0n) is 28.9. The number of anilines is 1. The summed E-state index contributed by atoms with van der Waals surface area (Å²) in [5, 5.41) is 0. The Kier molecular flexibility index (Phi) is 11.3. The summed E-state index contributed by atoms with van der Waals surface area (Å²) in [7, 11) is 0. The van der Waals surface area contributed by atoms with Crippen molar-refractivity contribution < 1.29 is 0 Å². The minimum Gasteiger partial charge on any atom is -0.338 e. The maximum Gasteiger partial charge on any atom is 0.0550 e. The molecule has 0 heterocycles. The lowest BCUT2D eigenvalue weighted by atomic mass is 9.65. The number of nitrogens with zero attached hydrogens (tertiary/aromatic N) is 2. The lowest BCUT2D eigenvalue weighted by Crippen LogP contribution is -2.37. The Hall–Kier alpha value is -5.08. The minimum atomic E-state index is 0.0994. The van der Waals surface area contributed by atoms with Gasteiger partial charge in [0.15, 0.2) is 0 Å². The summed E-state index contributed by atoms with van der Waals surface area (Å²) in [6.45, 7) is 14.8. The first-order chi connectivity index (χ1) is 24.1. The highest BCUT2D eigenvalue weighted by Crippen LogP contribution is 2.46. The van der Waals surface area contributed by atoms with Gasteiger partial charge in [0.25, 0.3) is 0 Å². The van der Waals surface area contributed by atoms with Gasteiger partial charge in [0.1, 0.15) is 0 Å². The highest BCUT2D eigenvalue weighted by Gasteiger charge is 2.38. The first kappa shape index (κ1) is 33.8. The van der Waals surface area contributed by atoms with Gasteiger partial charge in [0.05, 0.1) is 6.04 Å². The molecule has 5 atom stereocenters. The van der Waals surface area contributed by atoms with Gasteiger partial charge < -0.3 is 9.80 Å². The molecule has 1 aromatic carbocycles. The van der Waals surface area contributed by atoms with Crippen LogP contribution < -0.4 is 4.90 Å². The van der Waals surface area contributed by atoms with Crippen molar-refractivity contribution in [1.29, 1.82) is 0 Å². The minimum absolute atomic E-state index is 0.0994. The number of hydrogen-bond acceptors (Lipinski definition) is 2. The van der Waals surface area contributed by atoms with Crippen LogP contribution in [0.15, 0.2) is 194 Å². The fraction of sp³-hybridized carbons (Fsp3) is 0.234. The summed E-state index contributed by atoms with van der Waals surface area (Å²) in [5.41, 5.74) is 8.78.